The van der Waals surface area contributed by atoms with Crippen LogP contribution in [0.25, 0.3) is 10.2 Å². The van der Waals surface area contributed by atoms with Crippen LogP contribution in [0.1, 0.15) is 32.1 Å². The highest BCUT2D eigenvalue weighted by molar-refractivity contribution is 7.22. The summed E-state index contributed by atoms with van der Waals surface area (Å²) in [5.74, 6) is 0.595. The van der Waals surface area contributed by atoms with Crippen molar-refractivity contribution in [2.24, 2.45) is 5.92 Å². The van der Waals surface area contributed by atoms with E-state index < -0.39 is 0 Å². The van der Waals surface area contributed by atoms with Gasteiger partial charge in [0.05, 0.1) is 10.2 Å². The summed E-state index contributed by atoms with van der Waals surface area (Å²) >= 11 is 1.77. The topological polar surface area (TPSA) is 39.7 Å². The third-order valence-corrected chi connectivity index (χ3v) is 7.71. The Balaban J connectivity index is 1.15. The molecule has 2 aromatic rings. The van der Waals surface area contributed by atoms with Crippen molar-refractivity contribution in [1.29, 1.82) is 0 Å². The molecule has 0 spiro atoms. The van der Waals surface area contributed by atoms with Gasteiger partial charge in [-0.1, -0.05) is 29.9 Å². The molecule has 1 saturated carbocycles. The first-order chi connectivity index (χ1) is 13.3. The molecule has 27 heavy (non-hydrogen) atoms. The maximum atomic E-state index is 13.0. The van der Waals surface area contributed by atoms with E-state index in [0.717, 1.165) is 68.8 Å². The lowest BCUT2D eigenvalue weighted by Gasteiger charge is -2.44. The van der Waals surface area contributed by atoms with Crippen LogP contribution < -0.4 is 4.90 Å². The minimum atomic E-state index is 0.200. The number of piperidine rings is 1. The van der Waals surface area contributed by atoms with E-state index in [1.54, 1.807) is 11.3 Å². The molecule has 2 aliphatic heterocycles. The molecular formula is C21H28N4OS. The van der Waals surface area contributed by atoms with Crippen molar-refractivity contribution in [3.63, 3.8) is 0 Å². The van der Waals surface area contributed by atoms with Gasteiger partial charge in [-0.05, 0) is 37.8 Å². The van der Waals surface area contributed by atoms with Crippen molar-refractivity contribution in [1.82, 2.24) is 14.8 Å². The standard InChI is InChI=1S/C21H28N4OS/c26-20(24-14-12-23(13-15-24)17-4-3-5-17)16-8-10-25(11-9-16)21-22-18-6-1-2-7-19(18)27-21/h1-2,6-7,16-17H,3-5,8-15H2. The molecule has 3 aliphatic rings. The van der Waals surface area contributed by atoms with Gasteiger partial charge < -0.3 is 9.80 Å². The molecule has 5 nitrogen and oxygen atoms in total. The number of nitrogens with zero attached hydrogens (tertiary/aromatic N) is 4. The van der Waals surface area contributed by atoms with Crippen LogP contribution in [0.2, 0.25) is 0 Å². The molecule has 0 N–H and O–H groups in total. The SMILES string of the molecule is O=C(C1CCN(c2nc3ccccc3s2)CC1)N1CCN(C2CCC2)CC1. The maximum Gasteiger partial charge on any atom is 0.225 e. The zero-order valence-corrected chi connectivity index (χ0v) is 16.7. The Kier molecular flexibility index (Phi) is 4.78. The van der Waals surface area contributed by atoms with Gasteiger partial charge in [0.15, 0.2) is 5.13 Å². The van der Waals surface area contributed by atoms with Crippen LogP contribution >= 0.6 is 11.3 Å². The number of rotatable bonds is 3. The molecule has 2 saturated heterocycles. The fourth-order valence-electron chi connectivity index (χ4n) is 4.63. The van der Waals surface area contributed by atoms with Crippen molar-refractivity contribution in [2.75, 3.05) is 44.2 Å². The minimum absolute atomic E-state index is 0.200. The highest BCUT2D eigenvalue weighted by Crippen LogP contribution is 2.32. The zero-order chi connectivity index (χ0) is 18.2. The van der Waals surface area contributed by atoms with Crippen molar-refractivity contribution < 1.29 is 4.79 Å². The summed E-state index contributed by atoms with van der Waals surface area (Å²) in [5.41, 5.74) is 1.08. The largest absolute Gasteiger partial charge is 0.348 e. The molecule has 5 rings (SSSR count). The van der Waals surface area contributed by atoms with E-state index in [1.165, 1.54) is 24.0 Å². The number of thiazole rings is 1. The molecule has 0 atom stereocenters. The van der Waals surface area contributed by atoms with Crippen LogP contribution in [0, 0.1) is 5.92 Å². The van der Waals surface area contributed by atoms with Gasteiger partial charge in [-0.2, -0.15) is 0 Å². The van der Waals surface area contributed by atoms with Gasteiger partial charge in [-0.25, -0.2) is 4.98 Å². The lowest BCUT2D eigenvalue weighted by molar-refractivity contribution is -0.138. The van der Waals surface area contributed by atoms with Crippen LogP contribution in [-0.4, -0.2) is 66.0 Å². The summed E-state index contributed by atoms with van der Waals surface area (Å²) in [7, 11) is 0. The van der Waals surface area contributed by atoms with Crippen molar-refractivity contribution in [2.45, 2.75) is 38.1 Å². The molecule has 0 radical (unpaired) electrons. The third kappa shape index (κ3) is 3.45. The molecule has 1 amide bonds. The number of carbonyl (C=O) groups is 1. The number of carbonyl (C=O) groups excluding carboxylic acids is 1. The molecular weight excluding hydrogens is 356 g/mol. The normalized spacial score (nSPS) is 23.0. The van der Waals surface area contributed by atoms with Crippen LogP contribution in [-0.2, 0) is 4.79 Å². The number of anilines is 1. The first-order valence-corrected chi connectivity index (χ1v) is 11.2. The molecule has 144 valence electrons. The molecule has 0 bridgehead atoms. The first kappa shape index (κ1) is 17.4. The summed E-state index contributed by atoms with van der Waals surface area (Å²) in [4.78, 5) is 24.8. The second kappa shape index (κ2) is 7.40. The van der Waals surface area contributed by atoms with Crippen LogP contribution in [0.5, 0.6) is 0 Å². The monoisotopic (exact) mass is 384 g/mol. The fraction of sp³-hybridized carbons (Fsp3) is 0.619. The molecule has 6 heteroatoms. The minimum Gasteiger partial charge on any atom is -0.348 e. The van der Waals surface area contributed by atoms with Gasteiger partial charge in [0.1, 0.15) is 0 Å². The summed E-state index contributed by atoms with van der Waals surface area (Å²) in [6, 6.07) is 9.13. The van der Waals surface area contributed by atoms with Crippen LogP contribution in [0.15, 0.2) is 24.3 Å². The van der Waals surface area contributed by atoms with Gasteiger partial charge in [0, 0.05) is 51.2 Å². The Hall–Kier alpha value is -1.66. The molecule has 1 aliphatic carbocycles. The Labute approximate surface area is 165 Å². The highest BCUT2D eigenvalue weighted by Gasteiger charge is 2.33. The number of piperazine rings is 1. The Morgan fingerprint density at radius 1 is 0.963 bits per heavy atom. The van der Waals surface area contributed by atoms with Crippen LogP contribution in [0.3, 0.4) is 0 Å². The van der Waals surface area contributed by atoms with E-state index in [0.29, 0.717) is 5.91 Å². The second-order valence-electron chi connectivity index (χ2n) is 8.17. The van der Waals surface area contributed by atoms with Gasteiger partial charge in [-0.3, -0.25) is 9.69 Å². The predicted molar refractivity (Wildman–Crippen MR) is 110 cm³/mol. The van der Waals surface area contributed by atoms with Gasteiger partial charge in [0.2, 0.25) is 5.91 Å². The van der Waals surface area contributed by atoms with E-state index >= 15 is 0 Å². The zero-order valence-electron chi connectivity index (χ0n) is 15.8. The van der Waals surface area contributed by atoms with E-state index in [1.807, 2.05) is 6.07 Å². The summed E-state index contributed by atoms with van der Waals surface area (Å²) in [6.45, 7) is 5.87. The van der Waals surface area contributed by atoms with Crippen molar-refractivity contribution in [3.8, 4) is 0 Å². The number of aromatic nitrogens is 1. The number of hydrogen-bond donors (Lipinski definition) is 0. The van der Waals surface area contributed by atoms with E-state index in [-0.39, 0.29) is 5.92 Å². The number of fused-ring (bicyclic) bond motifs is 1. The first-order valence-electron chi connectivity index (χ1n) is 10.4. The van der Waals surface area contributed by atoms with Crippen LogP contribution in [0.4, 0.5) is 5.13 Å². The summed E-state index contributed by atoms with van der Waals surface area (Å²) < 4.78 is 1.25. The fourth-order valence-corrected chi connectivity index (χ4v) is 5.65. The smallest absolute Gasteiger partial charge is 0.225 e. The van der Waals surface area contributed by atoms with Crippen molar-refractivity contribution in [3.05, 3.63) is 24.3 Å². The van der Waals surface area contributed by atoms with Crippen molar-refractivity contribution >= 4 is 32.6 Å². The lowest BCUT2D eigenvalue weighted by atomic mass is 9.91. The highest BCUT2D eigenvalue weighted by atomic mass is 32.1. The van der Waals surface area contributed by atoms with E-state index in [2.05, 4.69) is 32.9 Å². The summed E-state index contributed by atoms with van der Waals surface area (Å²) in [5, 5.41) is 1.11. The second-order valence-corrected chi connectivity index (χ2v) is 9.18. The average molecular weight is 385 g/mol. The van der Waals surface area contributed by atoms with E-state index in [9.17, 15) is 4.79 Å². The van der Waals surface area contributed by atoms with Gasteiger partial charge in [-0.15, -0.1) is 0 Å². The Morgan fingerprint density at radius 2 is 1.70 bits per heavy atom. The lowest BCUT2D eigenvalue weighted by Crippen LogP contribution is -2.55. The van der Waals surface area contributed by atoms with Gasteiger partial charge >= 0.3 is 0 Å². The predicted octanol–water partition coefficient (Wildman–Crippen LogP) is 3.21. The molecule has 3 heterocycles. The Morgan fingerprint density at radius 3 is 2.37 bits per heavy atom. The number of amides is 1. The Bertz CT molecular complexity index is 768. The van der Waals surface area contributed by atoms with E-state index in [4.69, 9.17) is 4.98 Å². The summed E-state index contributed by atoms with van der Waals surface area (Å²) in [6.07, 6.45) is 6.02. The molecule has 0 unspecified atom stereocenters. The number of para-hydroxylation sites is 1. The molecule has 1 aromatic carbocycles. The van der Waals surface area contributed by atoms with Gasteiger partial charge in [0.25, 0.3) is 0 Å². The maximum absolute atomic E-state index is 13.0. The molecule has 3 fully saturated rings. The molecule has 1 aromatic heterocycles. The number of hydrogen-bond acceptors (Lipinski definition) is 5. The average Bonchev–Trinajstić information content (AvgIpc) is 3.11. The third-order valence-electron chi connectivity index (χ3n) is 6.61. The quantitative estimate of drug-likeness (QED) is 0.815. The number of benzene rings is 1.